The summed E-state index contributed by atoms with van der Waals surface area (Å²) < 4.78 is 78.6. The number of rotatable bonds is 6. The fourth-order valence-electron chi connectivity index (χ4n) is 3.85. The van der Waals surface area contributed by atoms with Gasteiger partial charge in [0.25, 0.3) is 0 Å². The fraction of sp³-hybridized carbons (Fsp3) is 0.318. The van der Waals surface area contributed by atoms with Crippen molar-refractivity contribution in [1.29, 1.82) is 0 Å². The summed E-state index contributed by atoms with van der Waals surface area (Å²) in [5, 5.41) is 2.67. The van der Waals surface area contributed by atoms with E-state index in [4.69, 9.17) is 0 Å². The fourth-order valence-corrected chi connectivity index (χ4v) is 5.55. The van der Waals surface area contributed by atoms with E-state index in [1.54, 1.807) is 6.92 Å². The van der Waals surface area contributed by atoms with Crippen LogP contribution in [0.4, 0.5) is 17.6 Å². The molecule has 36 heavy (non-hydrogen) atoms. The summed E-state index contributed by atoms with van der Waals surface area (Å²) in [5.41, 5.74) is 0.809. The van der Waals surface area contributed by atoms with Crippen LogP contribution in [0.25, 0.3) is 11.3 Å². The third kappa shape index (κ3) is 5.33. The Hall–Kier alpha value is -3.52. The molecule has 1 aliphatic rings. The molecule has 14 heteroatoms. The predicted octanol–water partition coefficient (Wildman–Crippen LogP) is 2.81. The van der Waals surface area contributed by atoms with E-state index in [-0.39, 0.29) is 35.2 Å². The number of sulfonamides is 1. The number of benzene rings is 1. The van der Waals surface area contributed by atoms with Gasteiger partial charge in [0.15, 0.2) is 0 Å². The topological polar surface area (TPSA) is 118 Å². The van der Waals surface area contributed by atoms with Gasteiger partial charge in [-0.25, -0.2) is 32.7 Å². The van der Waals surface area contributed by atoms with Gasteiger partial charge in [-0.05, 0) is 42.7 Å². The molecule has 1 amide bonds. The van der Waals surface area contributed by atoms with Gasteiger partial charge in [-0.1, -0.05) is 6.92 Å². The highest BCUT2D eigenvalue weighted by Crippen LogP contribution is 2.31. The molecule has 0 saturated carbocycles. The van der Waals surface area contributed by atoms with Crippen molar-refractivity contribution >= 4 is 15.9 Å². The lowest BCUT2D eigenvalue weighted by molar-refractivity contribution is -0.145. The maximum Gasteiger partial charge on any atom is 0.451 e. The zero-order valence-corrected chi connectivity index (χ0v) is 19.6. The summed E-state index contributed by atoms with van der Waals surface area (Å²) in [7, 11) is -4.04. The van der Waals surface area contributed by atoms with Crippen LogP contribution >= 0.6 is 0 Å². The average molecular weight is 525 g/mol. The average Bonchev–Trinajstić information content (AvgIpc) is 3.25. The second-order valence-corrected chi connectivity index (χ2v) is 10.1. The number of carbonyl (C=O) groups excluding carboxylic acids is 1. The quantitative estimate of drug-likeness (QED) is 0.493. The number of amides is 1. The van der Waals surface area contributed by atoms with Crippen LogP contribution < -0.4 is 5.32 Å². The minimum absolute atomic E-state index is 0.0799. The highest BCUT2D eigenvalue weighted by atomic mass is 32.2. The van der Waals surface area contributed by atoms with E-state index in [1.807, 2.05) is 0 Å². The SMILES string of the molecule is C[C@H]1CCN(S(=O)(=O)c2ccc(F)cc2)[C@@H]1C(=O)NCc1cc(-c2cnc(C(F)(F)F)nc2)ncn1. The van der Waals surface area contributed by atoms with Gasteiger partial charge in [0.2, 0.25) is 21.8 Å². The van der Waals surface area contributed by atoms with E-state index >= 15 is 0 Å². The molecule has 0 radical (unpaired) electrons. The largest absolute Gasteiger partial charge is 0.451 e. The number of hydrogen-bond donors (Lipinski definition) is 1. The summed E-state index contributed by atoms with van der Waals surface area (Å²) >= 11 is 0. The maximum atomic E-state index is 13.2. The molecule has 9 nitrogen and oxygen atoms in total. The first-order valence-corrected chi connectivity index (χ1v) is 12.2. The van der Waals surface area contributed by atoms with Crippen LogP contribution in [-0.4, -0.2) is 51.2 Å². The molecule has 190 valence electrons. The summed E-state index contributed by atoms with van der Waals surface area (Å²) in [6, 6.07) is 4.85. The second-order valence-electron chi connectivity index (χ2n) is 8.19. The van der Waals surface area contributed by atoms with Crippen LogP contribution in [0.3, 0.4) is 0 Å². The zero-order chi connectivity index (χ0) is 26.1. The van der Waals surface area contributed by atoms with Crippen LogP contribution in [0, 0.1) is 11.7 Å². The van der Waals surface area contributed by atoms with Crippen LogP contribution in [0.1, 0.15) is 24.9 Å². The van der Waals surface area contributed by atoms with Gasteiger partial charge in [-0.2, -0.15) is 17.5 Å². The van der Waals surface area contributed by atoms with Crippen LogP contribution in [-0.2, 0) is 27.5 Å². The molecule has 0 unspecified atom stereocenters. The summed E-state index contributed by atoms with van der Waals surface area (Å²) in [6.07, 6.45) is -1.06. The van der Waals surface area contributed by atoms with E-state index in [9.17, 15) is 30.8 Å². The lowest BCUT2D eigenvalue weighted by Crippen LogP contribution is -2.47. The van der Waals surface area contributed by atoms with Gasteiger partial charge in [0.1, 0.15) is 18.2 Å². The van der Waals surface area contributed by atoms with Crippen molar-refractivity contribution in [2.75, 3.05) is 6.54 Å². The van der Waals surface area contributed by atoms with Gasteiger partial charge in [-0.15, -0.1) is 0 Å². The molecule has 4 rings (SSSR count). The van der Waals surface area contributed by atoms with Gasteiger partial charge in [-0.3, -0.25) is 4.79 Å². The first kappa shape index (κ1) is 25.6. The Morgan fingerprint density at radius 3 is 2.42 bits per heavy atom. The number of nitrogens with zero attached hydrogens (tertiary/aromatic N) is 5. The molecule has 1 aromatic carbocycles. The lowest BCUT2D eigenvalue weighted by Gasteiger charge is -2.25. The van der Waals surface area contributed by atoms with Crippen molar-refractivity contribution in [3.63, 3.8) is 0 Å². The minimum atomic E-state index is -4.67. The Kier molecular flexibility index (Phi) is 7.00. The molecule has 3 heterocycles. The number of nitrogens with one attached hydrogen (secondary N) is 1. The Morgan fingerprint density at radius 1 is 1.11 bits per heavy atom. The summed E-state index contributed by atoms with van der Waals surface area (Å²) in [5.74, 6) is -2.67. The molecule has 0 aliphatic carbocycles. The van der Waals surface area contributed by atoms with E-state index in [0.29, 0.717) is 12.1 Å². The van der Waals surface area contributed by atoms with Crippen molar-refractivity contribution in [2.45, 2.75) is 37.0 Å². The first-order chi connectivity index (χ1) is 17.0. The number of alkyl halides is 3. The lowest BCUT2D eigenvalue weighted by atomic mass is 10.0. The standard InChI is InChI=1S/C22H20F4N6O3S/c1-13-6-7-32(36(34,35)17-4-2-15(23)3-5-17)19(13)20(33)27-11-16-8-18(31-12-30-16)14-9-28-21(29-10-14)22(24,25)26/h2-5,8-10,12-13,19H,6-7,11H2,1H3,(H,27,33)/t13-,19-/m0/s1. The summed E-state index contributed by atoms with van der Waals surface area (Å²) in [4.78, 5) is 27.6. The Labute approximate surface area is 203 Å². The van der Waals surface area contributed by atoms with Crippen LogP contribution in [0.5, 0.6) is 0 Å². The smallest absolute Gasteiger partial charge is 0.349 e. The first-order valence-electron chi connectivity index (χ1n) is 10.7. The molecule has 1 N–H and O–H groups in total. The van der Waals surface area contributed by atoms with E-state index in [1.165, 1.54) is 12.4 Å². The van der Waals surface area contributed by atoms with E-state index in [2.05, 4.69) is 25.3 Å². The molecule has 0 bridgehead atoms. The van der Waals surface area contributed by atoms with Crippen molar-refractivity contribution < 1.29 is 30.8 Å². The van der Waals surface area contributed by atoms with E-state index < -0.39 is 39.8 Å². The molecular weight excluding hydrogens is 504 g/mol. The Bertz CT molecular complexity index is 1350. The highest BCUT2D eigenvalue weighted by molar-refractivity contribution is 7.89. The molecule has 3 aromatic rings. The number of carbonyl (C=O) groups is 1. The minimum Gasteiger partial charge on any atom is -0.349 e. The van der Waals surface area contributed by atoms with Crippen molar-refractivity contribution in [3.05, 3.63) is 66.4 Å². The van der Waals surface area contributed by atoms with Crippen LogP contribution in [0.15, 0.2) is 53.9 Å². The van der Waals surface area contributed by atoms with Crippen molar-refractivity contribution in [2.24, 2.45) is 5.92 Å². The second kappa shape index (κ2) is 9.85. The third-order valence-electron chi connectivity index (χ3n) is 5.71. The Morgan fingerprint density at radius 2 is 1.78 bits per heavy atom. The van der Waals surface area contributed by atoms with Crippen molar-refractivity contribution in [1.82, 2.24) is 29.6 Å². The van der Waals surface area contributed by atoms with Gasteiger partial charge in [0, 0.05) is 24.5 Å². The maximum absolute atomic E-state index is 13.2. The number of halogens is 4. The van der Waals surface area contributed by atoms with Gasteiger partial charge < -0.3 is 5.32 Å². The molecule has 1 aliphatic heterocycles. The van der Waals surface area contributed by atoms with E-state index in [0.717, 1.165) is 41.0 Å². The third-order valence-corrected chi connectivity index (χ3v) is 7.61. The Balaban J connectivity index is 1.47. The summed E-state index contributed by atoms with van der Waals surface area (Å²) in [6.45, 7) is 1.81. The molecule has 0 spiro atoms. The zero-order valence-electron chi connectivity index (χ0n) is 18.8. The predicted molar refractivity (Wildman–Crippen MR) is 118 cm³/mol. The van der Waals surface area contributed by atoms with Crippen LogP contribution in [0.2, 0.25) is 0 Å². The molecule has 1 fully saturated rings. The number of aromatic nitrogens is 4. The molecular formula is C22H20F4N6O3S. The normalized spacial score (nSPS) is 18.8. The molecule has 2 aromatic heterocycles. The van der Waals surface area contributed by atoms with Gasteiger partial charge >= 0.3 is 6.18 Å². The number of hydrogen-bond acceptors (Lipinski definition) is 7. The van der Waals surface area contributed by atoms with Crippen molar-refractivity contribution in [3.8, 4) is 11.3 Å². The monoisotopic (exact) mass is 524 g/mol. The molecule has 1 saturated heterocycles. The van der Waals surface area contributed by atoms with Gasteiger partial charge in [0.05, 0.1) is 22.8 Å². The molecule has 2 atom stereocenters. The highest BCUT2D eigenvalue weighted by Gasteiger charge is 2.43.